The molecule has 1 heterocycles. The van der Waals surface area contributed by atoms with E-state index in [9.17, 15) is 9.18 Å². The van der Waals surface area contributed by atoms with Crippen molar-refractivity contribution >= 4 is 11.6 Å². The monoisotopic (exact) mass is 326 g/mol. The molecule has 0 aliphatic carbocycles. The molecule has 122 valence electrons. The van der Waals surface area contributed by atoms with Gasteiger partial charge in [0.05, 0.1) is 18.6 Å². The molecule has 24 heavy (non-hydrogen) atoms. The number of benzene rings is 2. The molecule has 2 aromatic carbocycles. The molecule has 3 rings (SSSR count). The molecule has 0 saturated carbocycles. The molecular formula is C18H15FN2O3. The first-order chi connectivity index (χ1) is 11.6. The Morgan fingerprint density at radius 1 is 1.38 bits per heavy atom. The van der Waals surface area contributed by atoms with E-state index in [1.165, 1.54) is 12.1 Å². The first-order valence-corrected chi connectivity index (χ1v) is 7.41. The number of halogens is 1. The third-order valence-electron chi connectivity index (χ3n) is 3.91. The van der Waals surface area contributed by atoms with Gasteiger partial charge in [-0.3, -0.25) is 4.79 Å². The van der Waals surface area contributed by atoms with Crippen LogP contribution in [0.4, 0.5) is 10.1 Å². The quantitative estimate of drug-likeness (QED) is 0.941. The number of methoxy groups -OCH3 is 1. The second-order valence-corrected chi connectivity index (χ2v) is 5.48. The molecule has 1 atom stereocenters. The predicted octanol–water partition coefficient (Wildman–Crippen LogP) is 2.90. The number of fused-ring (bicyclic) bond motifs is 1. The van der Waals surface area contributed by atoms with Gasteiger partial charge in [0.2, 0.25) is 5.91 Å². The number of carbonyl (C=O) groups is 1. The number of carbonyl (C=O) groups excluding carboxylic acids is 1. The zero-order valence-corrected chi connectivity index (χ0v) is 13.0. The first-order valence-electron chi connectivity index (χ1n) is 7.41. The average Bonchev–Trinajstić information content (AvgIpc) is 2.62. The molecule has 1 amide bonds. The summed E-state index contributed by atoms with van der Waals surface area (Å²) in [5.74, 6) is 0.215. The van der Waals surface area contributed by atoms with Crippen molar-refractivity contribution in [2.75, 3.05) is 19.0 Å². The smallest absolute Gasteiger partial charge is 0.231 e. The Morgan fingerprint density at radius 2 is 2.21 bits per heavy atom. The molecule has 0 radical (unpaired) electrons. The zero-order chi connectivity index (χ0) is 17.1. The molecular weight excluding hydrogens is 311 g/mol. The lowest BCUT2D eigenvalue weighted by Crippen LogP contribution is -2.32. The third kappa shape index (κ3) is 3.15. The molecule has 1 N–H and O–H groups in total. The fourth-order valence-electron chi connectivity index (χ4n) is 2.58. The summed E-state index contributed by atoms with van der Waals surface area (Å²) < 4.78 is 24.1. The minimum Gasteiger partial charge on any atom is -0.497 e. The van der Waals surface area contributed by atoms with E-state index in [0.717, 1.165) is 11.6 Å². The minimum absolute atomic E-state index is 0.106. The van der Waals surface area contributed by atoms with Crippen molar-refractivity contribution in [1.29, 1.82) is 5.26 Å². The maximum atomic E-state index is 13.3. The number of anilines is 1. The highest BCUT2D eigenvalue weighted by molar-refractivity contribution is 5.93. The van der Waals surface area contributed by atoms with Gasteiger partial charge in [-0.15, -0.1) is 0 Å². The highest BCUT2D eigenvalue weighted by atomic mass is 19.1. The maximum absolute atomic E-state index is 13.3. The highest BCUT2D eigenvalue weighted by Crippen LogP contribution is 2.31. The molecule has 1 unspecified atom stereocenters. The number of nitrogens with one attached hydrogen (secondary N) is 1. The molecule has 6 heteroatoms. The third-order valence-corrected chi connectivity index (χ3v) is 3.91. The summed E-state index contributed by atoms with van der Waals surface area (Å²) in [4.78, 5) is 12.4. The van der Waals surface area contributed by atoms with Crippen LogP contribution in [0.3, 0.4) is 0 Å². The topological polar surface area (TPSA) is 71.3 Å². The van der Waals surface area contributed by atoms with Crippen molar-refractivity contribution in [1.82, 2.24) is 0 Å². The van der Waals surface area contributed by atoms with Crippen LogP contribution in [-0.4, -0.2) is 19.6 Å². The summed E-state index contributed by atoms with van der Waals surface area (Å²) in [6, 6.07) is 11.1. The van der Waals surface area contributed by atoms with Gasteiger partial charge in [0.1, 0.15) is 30.0 Å². The second kappa shape index (κ2) is 6.59. The maximum Gasteiger partial charge on any atom is 0.231 e. The Balaban J connectivity index is 1.71. The highest BCUT2D eigenvalue weighted by Gasteiger charge is 2.26. The standard InChI is InChI=1S/C18H15FN2O3/c1-23-15-4-2-11-6-13(10-24-17(11)8-15)18(22)21-14-3-5-16(19)12(7-14)9-20/h2-5,7-8,13H,6,10H2,1H3,(H,21,22). The van der Waals surface area contributed by atoms with Crippen molar-refractivity contribution in [2.45, 2.75) is 6.42 Å². The van der Waals surface area contributed by atoms with Gasteiger partial charge in [-0.25, -0.2) is 4.39 Å². The number of hydrogen-bond donors (Lipinski definition) is 1. The van der Waals surface area contributed by atoms with Gasteiger partial charge in [0.25, 0.3) is 0 Å². The number of amides is 1. The summed E-state index contributed by atoms with van der Waals surface area (Å²) in [5.41, 5.74) is 1.21. The van der Waals surface area contributed by atoms with Gasteiger partial charge >= 0.3 is 0 Å². The van der Waals surface area contributed by atoms with Gasteiger partial charge in [0, 0.05) is 11.8 Å². The Labute approximate surface area is 138 Å². The van der Waals surface area contributed by atoms with E-state index in [-0.39, 0.29) is 24.0 Å². The van der Waals surface area contributed by atoms with Gasteiger partial charge in [-0.2, -0.15) is 5.26 Å². The van der Waals surface area contributed by atoms with Crippen molar-refractivity contribution in [2.24, 2.45) is 5.92 Å². The molecule has 0 bridgehead atoms. The molecule has 0 spiro atoms. The normalized spacial score (nSPS) is 15.6. The van der Waals surface area contributed by atoms with E-state index >= 15 is 0 Å². The van der Waals surface area contributed by atoms with E-state index in [1.54, 1.807) is 19.2 Å². The van der Waals surface area contributed by atoms with Gasteiger partial charge in [-0.1, -0.05) is 6.07 Å². The number of hydrogen-bond acceptors (Lipinski definition) is 4. The van der Waals surface area contributed by atoms with E-state index in [0.29, 0.717) is 23.6 Å². The molecule has 0 saturated heterocycles. The Morgan fingerprint density at radius 3 is 2.96 bits per heavy atom. The van der Waals surface area contributed by atoms with Crippen LogP contribution in [-0.2, 0) is 11.2 Å². The SMILES string of the molecule is COc1ccc2c(c1)OCC(C(=O)Nc1ccc(F)c(C#N)c1)C2. The molecule has 5 nitrogen and oxygen atoms in total. The first kappa shape index (κ1) is 15.8. The van der Waals surface area contributed by atoms with Crippen molar-refractivity contribution in [3.8, 4) is 17.6 Å². The van der Waals surface area contributed by atoms with E-state index in [2.05, 4.69) is 5.32 Å². The Kier molecular flexibility index (Phi) is 4.34. The van der Waals surface area contributed by atoms with E-state index in [1.807, 2.05) is 12.1 Å². The van der Waals surface area contributed by atoms with Gasteiger partial charge in [0.15, 0.2) is 0 Å². The molecule has 2 aromatic rings. The van der Waals surface area contributed by atoms with Gasteiger partial charge < -0.3 is 14.8 Å². The largest absolute Gasteiger partial charge is 0.497 e. The number of nitrogens with zero attached hydrogens (tertiary/aromatic N) is 1. The van der Waals surface area contributed by atoms with Crippen LogP contribution in [0, 0.1) is 23.1 Å². The second-order valence-electron chi connectivity index (χ2n) is 5.48. The van der Waals surface area contributed by atoms with Crippen LogP contribution < -0.4 is 14.8 Å². The summed E-state index contributed by atoms with van der Waals surface area (Å²) in [5, 5.41) is 11.6. The van der Waals surface area contributed by atoms with Crippen LogP contribution in [0.25, 0.3) is 0 Å². The fourth-order valence-corrected chi connectivity index (χ4v) is 2.58. The molecule has 1 aliphatic heterocycles. The van der Waals surface area contributed by atoms with Crippen molar-refractivity contribution in [3.05, 3.63) is 53.3 Å². The van der Waals surface area contributed by atoms with Crippen LogP contribution in [0.1, 0.15) is 11.1 Å². The Hall–Kier alpha value is -3.07. The lowest BCUT2D eigenvalue weighted by molar-refractivity contribution is -0.121. The fraction of sp³-hybridized carbons (Fsp3) is 0.222. The van der Waals surface area contributed by atoms with Crippen molar-refractivity contribution in [3.63, 3.8) is 0 Å². The lowest BCUT2D eigenvalue weighted by atomic mass is 9.95. The predicted molar refractivity (Wildman–Crippen MR) is 85.4 cm³/mol. The zero-order valence-electron chi connectivity index (χ0n) is 13.0. The van der Waals surface area contributed by atoms with Crippen LogP contribution >= 0.6 is 0 Å². The van der Waals surface area contributed by atoms with Gasteiger partial charge in [-0.05, 0) is 36.2 Å². The average molecular weight is 326 g/mol. The van der Waals surface area contributed by atoms with Crippen LogP contribution in [0.2, 0.25) is 0 Å². The molecule has 1 aliphatic rings. The summed E-state index contributed by atoms with van der Waals surface area (Å²) in [7, 11) is 1.58. The Bertz CT molecular complexity index is 829. The number of nitriles is 1. The van der Waals surface area contributed by atoms with E-state index in [4.69, 9.17) is 14.7 Å². The molecule has 0 fully saturated rings. The lowest BCUT2D eigenvalue weighted by Gasteiger charge is -2.25. The van der Waals surface area contributed by atoms with Crippen LogP contribution in [0.15, 0.2) is 36.4 Å². The summed E-state index contributed by atoms with van der Waals surface area (Å²) in [6.07, 6.45) is 0.539. The van der Waals surface area contributed by atoms with E-state index < -0.39 is 5.82 Å². The summed E-state index contributed by atoms with van der Waals surface area (Å²) >= 11 is 0. The minimum atomic E-state index is -0.612. The number of ether oxygens (including phenoxy) is 2. The van der Waals surface area contributed by atoms with Crippen LogP contribution in [0.5, 0.6) is 11.5 Å². The van der Waals surface area contributed by atoms with Crippen molar-refractivity contribution < 1.29 is 18.7 Å². The molecule has 0 aromatic heterocycles. The summed E-state index contributed by atoms with van der Waals surface area (Å²) in [6.45, 7) is 0.248. The number of rotatable bonds is 3.